The molecule has 1 aromatic heterocycles. The van der Waals surface area contributed by atoms with Crippen LogP contribution in [0.4, 0.5) is 5.82 Å². The van der Waals surface area contributed by atoms with E-state index in [1.54, 1.807) is 0 Å². The van der Waals surface area contributed by atoms with Gasteiger partial charge in [0.15, 0.2) is 5.56 Å². The lowest BCUT2D eigenvalue weighted by Gasteiger charge is -2.27. The zero-order chi connectivity index (χ0) is 17.0. The molecular formula is C16H24N4O3. The van der Waals surface area contributed by atoms with E-state index >= 15 is 0 Å². The molecule has 7 heteroatoms. The van der Waals surface area contributed by atoms with Crippen LogP contribution in [-0.2, 0) is 14.1 Å². The summed E-state index contributed by atoms with van der Waals surface area (Å²) in [4.78, 5) is 23.9. The maximum atomic E-state index is 12.0. The van der Waals surface area contributed by atoms with Gasteiger partial charge in [-0.3, -0.25) is 13.9 Å². The molecule has 0 radical (unpaired) electrons. The summed E-state index contributed by atoms with van der Waals surface area (Å²) in [6.07, 6.45) is 5.68. The average Bonchev–Trinajstić information content (AvgIpc) is 2.55. The lowest BCUT2D eigenvalue weighted by Crippen LogP contribution is -2.40. The first-order valence-electron chi connectivity index (χ1n) is 8.09. The van der Waals surface area contributed by atoms with Crippen LogP contribution in [0, 0.1) is 17.2 Å². The molecular weight excluding hydrogens is 296 g/mol. The summed E-state index contributed by atoms with van der Waals surface area (Å²) in [5.74, 6) is 0.596. The normalized spacial score (nSPS) is 21.0. The van der Waals surface area contributed by atoms with Gasteiger partial charge < -0.3 is 10.4 Å². The molecule has 0 aromatic carbocycles. The summed E-state index contributed by atoms with van der Waals surface area (Å²) in [7, 11) is 2.90. The number of aliphatic hydroxyl groups is 1. The molecule has 126 valence electrons. The van der Waals surface area contributed by atoms with E-state index in [1.165, 1.54) is 18.7 Å². The van der Waals surface area contributed by atoms with Gasteiger partial charge in [0.1, 0.15) is 11.9 Å². The Kier molecular flexibility index (Phi) is 5.61. The minimum absolute atomic E-state index is 0.0488. The molecule has 23 heavy (non-hydrogen) atoms. The van der Waals surface area contributed by atoms with Gasteiger partial charge in [0, 0.05) is 20.6 Å². The second kappa shape index (κ2) is 7.47. The molecule has 1 aliphatic rings. The predicted molar refractivity (Wildman–Crippen MR) is 87.3 cm³/mol. The molecule has 0 spiro atoms. The van der Waals surface area contributed by atoms with Crippen LogP contribution in [-0.4, -0.2) is 26.9 Å². The molecule has 1 aliphatic carbocycles. The maximum Gasteiger partial charge on any atom is 0.332 e. The molecule has 2 N–H and O–H groups in total. The summed E-state index contributed by atoms with van der Waals surface area (Å²) in [5, 5.41) is 22.2. The van der Waals surface area contributed by atoms with Crippen molar-refractivity contribution in [3.63, 3.8) is 0 Å². The Morgan fingerprint density at radius 3 is 2.61 bits per heavy atom. The van der Waals surface area contributed by atoms with Crippen molar-refractivity contribution in [2.24, 2.45) is 20.0 Å². The fourth-order valence-electron chi connectivity index (χ4n) is 3.25. The van der Waals surface area contributed by atoms with E-state index in [-0.39, 0.29) is 17.5 Å². The van der Waals surface area contributed by atoms with Crippen molar-refractivity contribution in [1.82, 2.24) is 9.13 Å². The quantitative estimate of drug-likeness (QED) is 0.778. The van der Waals surface area contributed by atoms with Crippen molar-refractivity contribution >= 4 is 5.82 Å². The van der Waals surface area contributed by atoms with Crippen LogP contribution in [0.5, 0.6) is 0 Å². The van der Waals surface area contributed by atoms with E-state index in [0.717, 1.165) is 43.1 Å². The number of hydrogen-bond donors (Lipinski definition) is 2. The third kappa shape index (κ3) is 3.64. The number of nitriles is 1. The monoisotopic (exact) mass is 320 g/mol. The minimum Gasteiger partial charge on any atom is -0.393 e. The zero-order valence-electron chi connectivity index (χ0n) is 13.7. The summed E-state index contributed by atoms with van der Waals surface area (Å²) in [6, 6.07) is 1.87. The number of aromatic nitrogens is 2. The lowest BCUT2D eigenvalue weighted by atomic mass is 9.83. The number of nitrogens with zero attached hydrogens (tertiary/aromatic N) is 3. The van der Waals surface area contributed by atoms with Gasteiger partial charge in [-0.05, 0) is 31.6 Å². The topological polar surface area (TPSA) is 100 Å². The Bertz CT molecular complexity index is 714. The molecule has 2 unspecified atom stereocenters. The van der Waals surface area contributed by atoms with Gasteiger partial charge in [-0.2, -0.15) is 5.26 Å². The second-order valence-corrected chi connectivity index (χ2v) is 6.22. The molecule has 2 rings (SSSR count). The molecule has 1 saturated carbocycles. The molecule has 0 amide bonds. The molecule has 0 bridgehead atoms. The number of nitrogens with one attached hydrogen (secondary N) is 1. The highest BCUT2D eigenvalue weighted by molar-refractivity contribution is 5.51. The molecule has 0 saturated heterocycles. The van der Waals surface area contributed by atoms with Crippen molar-refractivity contribution in [2.45, 2.75) is 44.6 Å². The molecule has 1 aromatic rings. The van der Waals surface area contributed by atoms with Gasteiger partial charge in [-0.1, -0.05) is 12.8 Å². The Morgan fingerprint density at radius 1 is 1.26 bits per heavy atom. The predicted octanol–water partition coefficient (Wildman–Crippen LogP) is 0.699. The molecule has 1 heterocycles. The van der Waals surface area contributed by atoms with Gasteiger partial charge in [0.05, 0.1) is 6.10 Å². The molecule has 1 fully saturated rings. The van der Waals surface area contributed by atoms with Crippen LogP contribution in [0.1, 0.15) is 44.1 Å². The van der Waals surface area contributed by atoms with Gasteiger partial charge >= 0.3 is 5.69 Å². The highest BCUT2D eigenvalue weighted by Gasteiger charge is 2.22. The Balaban J connectivity index is 2.02. The maximum absolute atomic E-state index is 12.0. The third-order valence-electron chi connectivity index (χ3n) is 4.69. The number of aliphatic hydroxyl groups excluding tert-OH is 1. The summed E-state index contributed by atoms with van der Waals surface area (Å²) < 4.78 is 2.22. The van der Waals surface area contributed by atoms with E-state index in [4.69, 9.17) is 0 Å². The first kappa shape index (κ1) is 17.3. The largest absolute Gasteiger partial charge is 0.393 e. The Labute approximate surface area is 135 Å². The first-order chi connectivity index (χ1) is 11.0. The summed E-state index contributed by atoms with van der Waals surface area (Å²) >= 11 is 0. The van der Waals surface area contributed by atoms with E-state index in [2.05, 4.69) is 5.32 Å². The Morgan fingerprint density at radius 2 is 1.96 bits per heavy atom. The minimum atomic E-state index is -0.583. The second-order valence-electron chi connectivity index (χ2n) is 6.22. The van der Waals surface area contributed by atoms with Crippen LogP contribution in [0.25, 0.3) is 0 Å². The lowest BCUT2D eigenvalue weighted by molar-refractivity contribution is 0.0648. The van der Waals surface area contributed by atoms with E-state index < -0.39 is 11.2 Å². The smallest absolute Gasteiger partial charge is 0.332 e. The van der Waals surface area contributed by atoms with Gasteiger partial charge in [0.25, 0.3) is 5.56 Å². The summed E-state index contributed by atoms with van der Waals surface area (Å²) in [6.45, 7) is 0.554. The highest BCUT2D eigenvalue weighted by atomic mass is 16.3. The van der Waals surface area contributed by atoms with E-state index in [1.807, 2.05) is 6.07 Å². The number of rotatable bonds is 5. The number of anilines is 1. The highest BCUT2D eigenvalue weighted by Crippen LogP contribution is 2.27. The first-order valence-corrected chi connectivity index (χ1v) is 8.09. The van der Waals surface area contributed by atoms with Crippen LogP contribution in [0.3, 0.4) is 0 Å². The number of hydrogen-bond acceptors (Lipinski definition) is 5. The van der Waals surface area contributed by atoms with Crippen LogP contribution in [0.2, 0.25) is 0 Å². The average molecular weight is 320 g/mol. The van der Waals surface area contributed by atoms with Crippen molar-refractivity contribution in [3.8, 4) is 6.07 Å². The van der Waals surface area contributed by atoms with E-state index in [9.17, 15) is 20.0 Å². The van der Waals surface area contributed by atoms with Gasteiger partial charge in [-0.15, -0.1) is 0 Å². The van der Waals surface area contributed by atoms with E-state index in [0.29, 0.717) is 12.5 Å². The van der Waals surface area contributed by atoms with Gasteiger partial charge in [-0.25, -0.2) is 4.79 Å². The van der Waals surface area contributed by atoms with Crippen molar-refractivity contribution in [3.05, 3.63) is 26.4 Å². The van der Waals surface area contributed by atoms with Crippen LogP contribution >= 0.6 is 0 Å². The molecule has 0 aliphatic heterocycles. The summed E-state index contributed by atoms with van der Waals surface area (Å²) in [5.41, 5.74) is -1.09. The fourth-order valence-corrected chi connectivity index (χ4v) is 3.25. The van der Waals surface area contributed by atoms with Crippen molar-refractivity contribution in [1.29, 1.82) is 5.26 Å². The molecule has 2 atom stereocenters. The standard InChI is InChI=1S/C16H24N4O3/c1-19-14(12(10-17)15(22)20(2)16(19)23)18-9-5-7-11-6-3-4-8-13(11)21/h11,13,18,21H,3-9H2,1-2H3. The zero-order valence-corrected chi connectivity index (χ0v) is 13.7. The van der Waals surface area contributed by atoms with Crippen molar-refractivity contribution < 1.29 is 5.11 Å². The van der Waals surface area contributed by atoms with Crippen molar-refractivity contribution in [2.75, 3.05) is 11.9 Å². The SMILES string of the molecule is Cn1c(NCCCC2CCCCC2O)c(C#N)c(=O)n(C)c1=O. The fraction of sp³-hybridized carbons (Fsp3) is 0.688. The third-order valence-corrected chi connectivity index (χ3v) is 4.69. The van der Waals surface area contributed by atoms with Crippen LogP contribution < -0.4 is 16.6 Å². The molecule has 7 nitrogen and oxygen atoms in total. The van der Waals surface area contributed by atoms with Crippen LogP contribution in [0.15, 0.2) is 9.59 Å². The Hall–Kier alpha value is -2.07. The van der Waals surface area contributed by atoms with Gasteiger partial charge in [0.2, 0.25) is 0 Å².